The fourth-order valence-corrected chi connectivity index (χ4v) is 4.05. The van der Waals surface area contributed by atoms with Gasteiger partial charge in [-0.3, -0.25) is 0 Å². The molecule has 0 radical (unpaired) electrons. The molecule has 3 fully saturated rings. The molecule has 1 N–H and O–H groups in total. The van der Waals surface area contributed by atoms with Crippen molar-refractivity contribution in [3.63, 3.8) is 0 Å². The summed E-state index contributed by atoms with van der Waals surface area (Å²) in [4.78, 5) is 0. The van der Waals surface area contributed by atoms with E-state index in [4.69, 9.17) is 4.74 Å². The summed E-state index contributed by atoms with van der Waals surface area (Å²) in [6.07, 6.45) is 9.62. The van der Waals surface area contributed by atoms with Crippen LogP contribution in [0.1, 0.15) is 58.8 Å². The molecule has 3 rings (SSSR count). The van der Waals surface area contributed by atoms with Crippen LogP contribution in [-0.4, -0.2) is 24.8 Å². The molecule has 1 unspecified atom stereocenters. The van der Waals surface area contributed by atoms with Gasteiger partial charge < -0.3 is 10.1 Å². The first-order valence-electron chi connectivity index (χ1n) is 8.07. The summed E-state index contributed by atoms with van der Waals surface area (Å²) in [5.41, 5.74) is 0.201. The molecule has 2 nitrogen and oxygen atoms in total. The Labute approximate surface area is 112 Å². The molecule has 0 aromatic heterocycles. The van der Waals surface area contributed by atoms with Crippen LogP contribution in [0.5, 0.6) is 0 Å². The van der Waals surface area contributed by atoms with Crippen LogP contribution in [0.3, 0.4) is 0 Å². The van der Waals surface area contributed by atoms with Gasteiger partial charge in [0.05, 0.1) is 12.2 Å². The Hall–Kier alpha value is -0.0800. The Balaban J connectivity index is 1.63. The third-order valence-electron chi connectivity index (χ3n) is 5.60. The largest absolute Gasteiger partial charge is 0.372 e. The highest BCUT2D eigenvalue weighted by atomic mass is 16.5. The van der Waals surface area contributed by atoms with E-state index in [-0.39, 0.29) is 5.60 Å². The van der Waals surface area contributed by atoms with Crippen molar-refractivity contribution in [1.82, 2.24) is 5.32 Å². The van der Waals surface area contributed by atoms with Gasteiger partial charge in [0.25, 0.3) is 0 Å². The predicted molar refractivity (Wildman–Crippen MR) is 74.6 cm³/mol. The number of hydrogen-bond donors (Lipinski definition) is 1. The molecule has 104 valence electrons. The Morgan fingerprint density at radius 2 is 1.89 bits per heavy atom. The summed E-state index contributed by atoms with van der Waals surface area (Å²) in [6, 6.07) is 0.645. The molecule has 0 amide bonds. The summed E-state index contributed by atoms with van der Waals surface area (Å²) in [5.74, 6) is 2.78. The zero-order valence-electron chi connectivity index (χ0n) is 12.1. The van der Waals surface area contributed by atoms with Gasteiger partial charge >= 0.3 is 0 Å². The molecule has 2 heteroatoms. The first-order chi connectivity index (χ1) is 8.70. The van der Waals surface area contributed by atoms with Crippen LogP contribution in [0, 0.1) is 17.8 Å². The standard InChI is InChI=1S/C16H29NO/c1-12(2)14-5-7-16(8-6-14)15(11-13-3-4-13)17-9-10-18-16/h12-15,17H,3-11H2,1-2H3. The summed E-state index contributed by atoms with van der Waals surface area (Å²) < 4.78 is 6.31. The maximum atomic E-state index is 6.31. The Kier molecular flexibility index (Phi) is 3.68. The molecule has 1 heterocycles. The second-order valence-corrected chi connectivity index (χ2v) is 7.18. The van der Waals surface area contributed by atoms with Gasteiger partial charge in [-0.05, 0) is 49.9 Å². The lowest BCUT2D eigenvalue weighted by atomic mass is 9.70. The van der Waals surface area contributed by atoms with E-state index in [0.717, 1.165) is 30.9 Å². The third kappa shape index (κ3) is 2.60. The minimum Gasteiger partial charge on any atom is -0.372 e. The van der Waals surface area contributed by atoms with E-state index in [2.05, 4.69) is 19.2 Å². The topological polar surface area (TPSA) is 21.3 Å². The van der Waals surface area contributed by atoms with Crippen LogP contribution in [0.25, 0.3) is 0 Å². The Morgan fingerprint density at radius 1 is 1.17 bits per heavy atom. The van der Waals surface area contributed by atoms with Crippen molar-refractivity contribution >= 4 is 0 Å². The summed E-state index contributed by atoms with van der Waals surface area (Å²) in [6.45, 7) is 6.74. The summed E-state index contributed by atoms with van der Waals surface area (Å²) in [5, 5.41) is 3.77. The van der Waals surface area contributed by atoms with Crippen LogP contribution in [-0.2, 0) is 4.74 Å². The lowest BCUT2D eigenvalue weighted by Crippen LogP contribution is -2.59. The van der Waals surface area contributed by atoms with E-state index in [1.807, 2.05) is 0 Å². The average molecular weight is 251 g/mol. The van der Waals surface area contributed by atoms with E-state index in [1.165, 1.54) is 44.9 Å². The molecule has 2 aliphatic carbocycles. The average Bonchev–Trinajstić information content (AvgIpc) is 3.17. The molecule has 1 atom stereocenters. The van der Waals surface area contributed by atoms with Gasteiger partial charge in [0, 0.05) is 12.6 Å². The molecular weight excluding hydrogens is 222 g/mol. The highest BCUT2D eigenvalue weighted by Crippen LogP contribution is 2.45. The van der Waals surface area contributed by atoms with Gasteiger partial charge in [0.1, 0.15) is 0 Å². The van der Waals surface area contributed by atoms with Gasteiger partial charge in [-0.2, -0.15) is 0 Å². The van der Waals surface area contributed by atoms with Crippen LogP contribution in [0.2, 0.25) is 0 Å². The maximum Gasteiger partial charge on any atom is 0.0835 e. The van der Waals surface area contributed by atoms with Gasteiger partial charge in [-0.25, -0.2) is 0 Å². The van der Waals surface area contributed by atoms with Crippen LogP contribution in [0.4, 0.5) is 0 Å². The second-order valence-electron chi connectivity index (χ2n) is 7.18. The Morgan fingerprint density at radius 3 is 2.50 bits per heavy atom. The van der Waals surface area contributed by atoms with E-state index >= 15 is 0 Å². The number of hydrogen-bond acceptors (Lipinski definition) is 2. The van der Waals surface area contributed by atoms with Gasteiger partial charge in [-0.15, -0.1) is 0 Å². The number of nitrogens with one attached hydrogen (secondary N) is 1. The fourth-order valence-electron chi connectivity index (χ4n) is 4.05. The molecule has 0 aromatic carbocycles. The van der Waals surface area contributed by atoms with Crippen LogP contribution < -0.4 is 5.32 Å². The molecule has 0 aromatic rings. The van der Waals surface area contributed by atoms with Crippen molar-refractivity contribution in [2.45, 2.75) is 70.4 Å². The first-order valence-corrected chi connectivity index (χ1v) is 8.07. The van der Waals surface area contributed by atoms with Crippen molar-refractivity contribution < 1.29 is 4.74 Å². The zero-order chi connectivity index (χ0) is 12.6. The highest BCUT2D eigenvalue weighted by Gasteiger charge is 2.46. The lowest BCUT2D eigenvalue weighted by molar-refractivity contribution is -0.128. The number of ether oxygens (including phenoxy) is 1. The quantitative estimate of drug-likeness (QED) is 0.830. The second kappa shape index (κ2) is 5.13. The van der Waals surface area contributed by atoms with Crippen LogP contribution >= 0.6 is 0 Å². The fraction of sp³-hybridized carbons (Fsp3) is 1.00. The molecule has 2 saturated carbocycles. The number of rotatable bonds is 3. The molecule has 3 aliphatic rings. The minimum atomic E-state index is 0.201. The first kappa shape index (κ1) is 12.9. The monoisotopic (exact) mass is 251 g/mol. The molecular formula is C16H29NO. The predicted octanol–water partition coefficient (Wildman–Crippen LogP) is 3.36. The van der Waals surface area contributed by atoms with Crippen LogP contribution in [0.15, 0.2) is 0 Å². The molecule has 1 aliphatic heterocycles. The van der Waals surface area contributed by atoms with E-state index in [9.17, 15) is 0 Å². The maximum absolute atomic E-state index is 6.31. The van der Waals surface area contributed by atoms with E-state index in [1.54, 1.807) is 0 Å². The van der Waals surface area contributed by atoms with E-state index < -0.39 is 0 Å². The lowest BCUT2D eigenvalue weighted by Gasteiger charge is -2.49. The smallest absolute Gasteiger partial charge is 0.0835 e. The summed E-state index contributed by atoms with van der Waals surface area (Å²) in [7, 11) is 0. The normalized spacial score (nSPS) is 41.5. The van der Waals surface area contributed by atoms with Crippen molar-refractivity contribution in [3.8, 4) is 0 Å². The molecule has 1 saturated heterocycles. The molecule has 0 bridgehead atoms. The van der Waals surface area contributed by atoms with Crippen molar-refractivity contribution in [3.05, 3.63) is 0 Å². The van der Waals surface area contributed by atoms with Crippen molar-refractivity contribution in [2.24, 2.45) is 17.8 Å². The zero-order valence-corrected chi connectivity index (χ0v) is 12.1. The Bertz CT molecular complexity index is 277. The molecule has 18 heavy (non-hydrogen) atoms. The minimum absolute atomic E-state index is 0.201. The van der Waals surface area contributed by atoms with E-state index in [0.29, 0.717) is 6.04 Å². The third-order valence-corrected chi connectivity index (χ3v) is 5.60. The van der Waals surface area contributed by atoms with Crippen molar-refractivity contribution in [1.29, 1.82) is 0 Å². The number of morpholine rings is 1. The van der Waals surface area contributed by atoms with Gasteiger partial charge in [0.15, 0.2) is 0 Å². The van der Waals surface area contributed by atoms with Gasteiger partial charge in [0.2, 0.25) is 0 Å². The summed E-state index contributed by atoms with van der Waals surface area (Å²) >= 11 is 0. The SMILES string of the molecule is CC(C)C1CCC2(CC1)OCCNC2CC1CC1. The molecule has 1 spiro atoms. The van der Waals surface area contributed by atoms with Gasteiger partial charge in [-0.1, -0.05) is 26.7 Å². The highest BCUT2D eigenvalue weighted by molar-refractivity contribution is 5.01. The van der Waals surface area contributed by atoms with Crippen molar-refractivity contribution in [2.75, 3.05) is 13.2 Å².